The van der Waals surface area contributed by atoms with Gasteiger partial charge in [-0.05, 0) is 50.3 Å². The molecule has 2 heterocycles. The summed E-state index contributed by atoms with van der Waals surface area (Å²) in [4.78, 5) is 23.9. The Bertz CT molecular complexity index is 1090. The van der Waals surface area contributed by atoms with Gasteiger partial charge in [0, 0.05) is 36.3 Å². The normalized spacial score (nSPS) is 22.3. The Morgan fingerprint density at radius 2 is 2.06 bits per heavy atom. The number of terminal acetylenes is 1. The largest absolute Gasteiger partial charge is 0.383 e. The van der Waals surface area contributed by atoms with Crippen LogP contribution in [0.1, 0.15) is 47.6 Å². The number of nitrogens with two attached hydrogens (primary N) is 1. The molecule has 2 aromatic rings. The Labute approximate surface area is 191 Å². The number of aromatic nitrogens is 2. The lowest BCUT2D eigenvalue weighted by Crippen LogP contribution is -2.37. The first-order valence-corrected chi connectivity index (χ1v) is 10.7. The number of fused-ring (bicyclic) bond motifs is 1. The Morgan fingerprint density at radius 3 is 2.55 bits per heavy atom. The van der Waals surface area contributed by atoms with Crippen LogP contribution in [-0.4, -0.2) is 57.2 Å². The molecule has 9 heteroatoms. The lowest BCUT2D eigenvalue weighted by Gasteiger charge is -2.33. The summed E-state index contributed by atoms with van der Waals surface area (Å²) in [5.41, 5.74) is 8.12. The zero-order valence-corrected chi connectivity index (χ0v) is 18.9. The van der Waals surface area contributed by atoms with Gasteiger partial charge in [-0.15, -0.1) is 6.42 Å². The number of likely N-dealkylation sites (tertiary alicyclic amines) is 1. The molecule has 0 spiro atoms. The number of nitrogens with zero attached hydrogens (tertiary/aromatic N) is 3. The number of carbonyl (C=O) groups excluding carboxylic acids is 2. The van der Waals surface area contributed by atoms with Crippen LogP contribution in [0.25, 0.3) is 5.69 Å². The minimum atomic E-state index is -2.84. The summed E-state index contributed by atoms with van der Waals surface area (Å²) in [7, 11) is 1.69. The summed E-state index contributed by atoms with van der Waals surface area (Å²) in [6, 6.07) is 7.15. The van der Waals surface area contributed by atoms with Gasteiger partial charge in [0.2, 0.25) is 5.92 Å². The van der Waals surface area contributed by atoms with Gasteiger partial charge in [0.05, 0.1) is 5.69 Å². The molecule has 0 bridgehead atoms. The van der Waals surface area contributed by atoms with Crippen molar-refractivity contribution in [2.75, 3.05) is 13.6 Å². The minimum Gasteiger partial charge on any atom is -0.383 e. The summed E-state index contributed by atoms with van der Waals surface area (Å²) < 4.78 is 29.5. The quantitative estimate of drug-likeness (QED) is 0.689. The minimum absolute atomic E-state index is 0.0576. The molecule has 1 aromatic carbocycles. The van der Waals surface area contributed by atoms with Crippen LogP contribution >= 0.6 is 0 Å². The number of benzene rings is 1. The summed E-state index contributed by atoms with van der Waals surface area (Å²) in [6.45, 7) is 3.41. The number of aliphatic hydroxyl groups is 1. The van der Waals surface area contributed by atoms with E-state index in [4.69, 9.17) is 17.3 Å². The number of hydrogen-bond acceptors (Lipinski definition) is 4. The van der Waals surface area contributed by atoms with Crippen LogP contribution in [0.3, 0.4) is 0 Å². The second-order valence-corrected chi connectivity index (χ2v) is 8.76. The molecule has 7 nitrogen and oxygen atoms in total. The molecule has 3 N–H and O–H groups in total. The van der Waals surface area contributed by atoms with E-state index in [0.717, 1.165) is 12.6 Å². The van der Waals surface area contributed by atoms with Gasteiger partial charge in [0.25, 0.3) is 11.8 Å². The number of primary amides is 1. The van der Waals surface area contributed by atoms with Gasteiger partial charge < -0.3 is 15.7 Å². The van der Waals surface area contributed by atoms with E-state index in [1.165, 1.54) is 4.90 Å². The average molecular weight is 459 g/mol. The number of likely N-dealkylation sites (N-methyl/N-ethyl adjacent to an activating group) is 1. The number of rotatable bonds is 3. The third kappa shape index (κ3) is 5.06. The lowest BCUT2D eigenvalue weighted by molar-refractivity contribution is -0.133. The second kappa shape index (κ2) is 9.32. The van der Waals surface area contributed by atoms with E-state index in [1.807, 2.05) is 6.07 Å². The first kappa shape index (κ1) is 24.4. The van der Waals surface area contributed by atoms with Crippen molar-refractivity contribution < 1.29 is 23.5 Å². The van der Waals surface area contributed by atoms with Crippen molar-refractivity contribution in [2.45, 2.75) is 45.1 Å². The summed E-state index contributed by atoms with van der Waals surface area (Å²) >= 11 is 0. The van der Waals surface area contributed by atoms with Crippen molar-refractivity contribution >= 4 is 11.8 Å². The van der Waals surface area contributed by atoms with Gasteiger partial charge in [-0.3, -0.25) is 9.59 Å². The van der Waals surface area contributed by atoms with Crippen LogP contribution < -0.4 is 5.73 Å². The van der Waals surface area contributed by atoms with Gasteiger partial charge in [0.15, 0.2) is 5.69 Å². The third-order valence-electron chi connectivity index (χ3n) is 6.26. The van der Waals surface area contributed by atoms with Gasteiger partial charge in [0.1, 0.15) is 6.10 Å². The van der Waals surface area contributed by atoms with Crippen molar-refractivity contribution in [2.24, 2.45) is 17.6 Å². The second-order valence-electron chi connectivity index (χ2n) is 8.76. The maximum Gasteiger partial charge on any atom is 0.269 e. The Hall–Kier alpha value is -3.25. The Morgan fingerprint density at radius 1 is 1.36 bits per heavy atom. The molecule has 33 heavy (non-hydrogen) atoms. The van der Waals surface area contributed by atoms with Gasteiger partial charge in [-0.1, -0.05) is 18.9 Å². The van der Waals surface area contributed by atoms with E-state index in [2.05, 4.69) is 11.0 Å². The first-order valence-electron chi connectivity index (χ1n) is 10.7. The number of halogens is 2. The monoisotopic (exact) mass is 458 g/mol. The van der Waals surface area contributed by atoms with E-state index >= 15 is 0 Å². The predicted octanol–water partition coefficient (Wildman–Crippen LogP) is 2.17. The number of aliphatic hydroxyl groups excluding tert-OH is 1. The van der Waals surface area contributed by atoms with E-state index in [-0.39, 0.29) is 23.9 Å². The van der Waals surface area contributed by atoms with E-state index in [9.17, 15) is 18.4 Å². The highest BCUT2D eigenvalue weighted by atomic mass is 19.3. The molecular weight excluding hydrogens is 430 g/mol. The zero-order valence-electron chi connectivity index (χ0n) is 18.9. The molecular formula is C24H28F2N4O3. The fourth-order valence-corrected chi connectivity index (χ4v) is 4.40. The van der Waals surface area contributed by atoms with Crippen LogP contribution in [0.4, 0.5) is 8.78 Å². The first-order chi connectivity index (χ1) is 15.4. The molecule has 1 saturated heterocycles. The van der Waals surface area contributed by atoms with Crippen molar-refractivity contribution in [1.82, 2.24) is 14.7 Å². The fraction of sp³-hybridized carbons (Fsp3) is 0.458. The average Bonchev–Trinajstić information content (AvgIpc) is 3.27. The SMILES string of the molecule is C#Cc1cccc(-n2nc(C(N)=O)c3c2C[C@@H](C)C(C(C)(F)F)C3)c1.CN1CC[C@H](O)C1=O. The van der Waals surface area contributed by atoms with Crippen LogP contribution in [-0.2, 0) is 17.6 Å². The number of amides is 2. The van der Waals surface area contributed by atoms with Crippen LogP contribution in [0, 0.1) is 24.2 Å². The van der Waals surface area contributed by atoms with Gasteiger partial charge in [-0.2, -0.15) is 5.10 Å². The molecule has 1 unspecified atom stereocenters. The van der Waals surface area contributed by atoms with Crippen LogP contribution in [0.2, 0.25) is 0 Å². The Kier molecular flexibility index (Phi) is 6.89. The maximum atomic E-state index is 13.9. The molecule has 2 amide bonds. The molecule has 1 aliphatic carbocycles. The highest BCUT2D eigenvalue weighted by molar-refractivity contribution is 5.92. The zero-order chi connectivity index (χ0) is 24.5. The molecule has 0 radical (unpaired) electrons. The van der Waals surface area contributed by atoms with Crippen molar-refractivity contribution in [1.29, 1.82) is 0 Å². The molecule has 1 aliphatic heterocycles. The van der Waals surface area contributed by atoms with Crippen LogP contribution in [0.5, 0.6) is 0 Å². The number of carbonyl (C=O) groups is 2. The standard InChI is InChI=1S/C19H19F2N3O.C5H9NO2/c1-4-12-6-5-7-13(9-12)24-16-8-11(2)15(19(3,20)21)10-14(16)17(23-24)18(22)25;1-6-3-2-4(7)5(6)8/h1,5-7,9,11,15H,8,10H2,2-3H3,(H2,22,25);4,7H,2-3H2,1H3/t11-,15?;4-/m10/s1. The highest BCUT2D eigenvalue weighted by Crippen LogP contribution is 2.41. The summed E-state index contributed by atoms with van der Waals surface area (Å²) in [5, 5.41) is 13.1. The van der Waals surface area contributed by atoms with E-state index in [1.54, 1.807) is 36.9 Å². The van der Waals surface area contributed by atoms with Crippen molar-refractivity contribution in [3.05, 3.63) is 46.8 Å². The lowest BCUT2D eigenvalue weighted by atomic mass is 9.75. The Balaban J connectivity index is 0.000000323. The number of alkyl halides is 2. The molecule has 2 aliphatic rings. The molecule has 1 aromatic heterocycles. The number of hydrogen-bond donors (Lipinski definition) is 2. The summed E-state index contributed by atoms with van der Waals surface area (Å²) in [6.07, 6.45) is 5.78. The fourth-order valence-electron chi connectivity index (χ4n) is 4.40. The van der Waals surface area contributed by atoms with E-state index < -0.39 is 23.9 Å². The summed E-state index contributed by atoms with van der Waals surface area (Å²) in [5.74, 6) is -2.25. The molecule has 1 fully saturated rings. The van der Waals surface area contributed by atoms with E-state index in [0.29, 0.717) is 36.2 Å². The molecule has 4 rings (SSSR count). The molecule has 176 valence electrons. The van der Waals surface area contributed by atoms with Crippen molar-refractivity contribution in [3.8, 4) is 18.0 Å². The predicted molar refractivity (Wildman–Crippen MR) is 119 cm³/mol. The smallest absolute Gasteiger partial charge is 0.269 e. The topological polar surface area (TPSA) is 101 Å². The molecule has 3 atom stereocenters. The van der Waals surface area contributed by atoms with Gasteiger partial charge >= 0.3 is 0 Å². The van der Waals surface area contributed by atoms with Crippen LogP contribution in [0.15, 0.2) is 24.3 Å². The van der Waals surface area contributed by atoms with Crippen molar-refractivity contribution in [3.63, 3.8) is 0 Å². The maximum absolute atomic E-state index is 13.9. The molecule has 0 saturated carbocycles. The van der Waals surface area contributed by atoms with Gasteiger partial charge in [-0.25, -0.2) is 13.5 Å². The third-order valence-corrected chi connectivity index (χ3v) is 6.26. The highest BCUT2D eigenvalue weighted by Gasteiger charge is 2.43.